The van der Waals surface area contributed by atoms with Gasteiger partial charge in [-0.25, -0.2) is 0 Å². The Morgan fingerprint density at radius 1 is 0.950 bits per heavy atom. The molecule has 0 atom stereocenters. The van der Waals surface area contributed by atoms with Gasteiger partial charge in [0.15, 0.2) is 0 Å². The smallest absolute Gasteiger partial charge is 0.0659 e. The van der Waals surface area contributed by atoms with E-state index in [0.717, 1.165) is 16.9 Å². The van der Waals surface area contributed by atoms with E-state index in [1.165, 1.54) is 0 Å². The highest BCUT2D eigenvalue weighted by atomic mass is 35.5. The molecule has 5 heteroatoms. The first-order valence-electron chi connectivity index (χ1n) is 6.11. The molecule has 0 heterocycles. The summed E-state index contributed by atoms with van der Waals surface area (Å²) in [5, 5.41) is 5.28. The second-order valence-electron chi connectivity index (χ2n) is 4.69. The van der Waals surface area contributed by atoms with Crippen LogP contribution in [0.2, 0.25) is 15.1 Å². The Morgan fingerprint density at radius 2 is 1.60 bits per heavy atom. The van der Waals surface area contributed by atoms with E-state index < -0.39 is 0 Å². The van der Waals surface area contributed by atoms with Crippen molar-refractivity contribution in [1.82, 2.24) is 0 Å². The zero-order valence-corrected chi connectivity index (χ0v) is 13.5. The second kappa shape index (κ2) is 6.57. The highest BCUT2D eigenvalue weighted by Gasteiger charge is 2.04. The minimum Gasteiger partial charge on any atom is -0.381 e. The van der Waals surface area contributed by atoms with E-state index in [0.29, 0.717) is 21.6 Å². The van der Waals surface area contributed by atoms with Crippen LogP contribution in [0.25, 0.3) is 0 Å². The summed E-state index contributed by atoms with van der Waals surface area (Å²) in [6, 6.07) is 11.4. The zero-order valence-electron chi connectivity index (χ0n) is 11.3. The number of benzene rings is 2. The summed E-state index contributed by atoms with van der Waals surface area (Å²) >= 11 is 18.2. The molecule has 2 nitrogen and oxygen atoms in total. The Kier molecular flexibility index (Phi) is 5.03. The van der Waals surface area contributed by atoms with E-state index in [2.05, 4.69) is 5.32 Å². The molecule has 2 aromatic carbocycles. The maximum atomic E-state index is 6.23. The van der Waals surface area contributed by atoms with Gasteiger partial charge >= 0.3 is 0 Å². The molecule has 0 saturated carbocycles. The molecule has 0 bridgehead atoms. The molecule has 0 aliphatic rings. The van der Waals surface area contributed by atoms with Gasteiger partial charge in [-0.1, -0.05) is 34.8 Å². The van der Waals surface area contributed by atoms with Crippen LogP contribution in [-0.4, -0.2) is 14.1 Å². The minimum absolute atomic E-state index is 0.635. The van der Waals surface area contributed by atoms with Gasteiger partial charge in [0, 0.05) is 36.4 Å². The summed E-state index contributed by atoms with van der Waals surface area (Å²) in [7, 11) is 3.92. The molecule has 0 aliphatic carbocycles. The van der Waals surface area contributed by atoms with Gasteiger partial charge in [-0.15, -0.1) is 0 Å². The van der Waals surface area contributed by atoms with Gasteiger partial charge in [-0.2, -0.15) is 0 Å². The third-order valence-electron chi connectivity index (χ3n) is 2.85. The van der Waals surface area contributed by atoms with Crippen molar-refractivity contribution in [3.63, 3.8) is 0 Å². The van der Waals surface area contributed by atoms with Crippen LogP contribution in [0.1, 0.15) is 5.56 Å². The van der Waals surface area contributed by atoms with Crippen LogP contribution in [0.5, 0.6) is 0 Å². The van der Waals surface area contributed by atoms with E-state index >= 15 is 0 Å². The highest BCUT2D eigenvalue weighted by molar-refractivity contribution is 6.34. The van der Waals surface area contributed by atoms with Gasteiger partial charge in [-0.05, 0) is 42.0 Å². The topological polar surface area (TPSA) is 15.3 Å². The van der Waals surface area contributed by atoms with Crippen LogP contribution in [0.4, 0.5) is 11.4 Å². The molecule has 2 aromatic rings. The van der Waals surface area contributed by atoms with Crippen LogP contribution in [0.15, 0.2) is 36.4 Å². The molecule has 20 heavy (non-hydrogen) atoms. The third kappa shape index (κ3) is 3.95. The van der Waals surface area contributed by atoms with Gasteiger partial charge in [0.1, 0.15) is 0 Å². The van der Waals surface area contributed by atoms with Gasteiger partial charge < -0.3 is 10.2 Å². The summed E-state index contributed by atoms with van der Waals surface area (Å²) in [5.74, 6) is 0. The lowest BCUT2D eigenvalue weighted by molar-refractivity contribution is 1.12. The number of nitrogens with one attached hydrogen (secondary N) is 1. The predicted molar refractivity (Wildman–Crippen MR) is 89.6 cm³/mol. The number of hydrogen-bond donors (Lipinski definition) is 1. The number of hydrogen-bond acceptors (Lipinski definition) is 2. The first-order chi connectivity index (χ1) is 9.45. The number of anilines is 2. The van der Waals surface area contributed by atoms with Crippen molar-refractivity contribution < 1.29 is 0 Å². The van der Waals surface area contributed by atoms with Crippen LogP contribution in [0, 0.1) is 0 Å². The Bertz CT molecular complexity index is 592. The second-order valence-corrected chi connectivity index (χ2v) is 5.97. The van der Waals surface area contributed by atoms with Gasteiger partial charge in [0.25, 0.3) is 0 Å². The summed E-state index contributed by atoms with van der Waals surface area (Å²) in [6.07, 6.45) is 0. The Labute approximate surface area is 134 Å². The van der Waals surface area contributed by atoms with Crippen molar-refractivity contribution in [2.24, 2.45) is 0 Å². The minimum atomic E-state index is 0.635. The molecular weight excluding hydrogens is 315 g/mol. The average molecular weight is 330 g/mol. The third-order valence-corrected chi connectivity index (χ3v) is 3.59. The van der Waals surface area contributed by atoms with Crippen molar-refractivity contribution >= 4 is 46.2 Å². The fourth-order valence-electron chi connectivity index (χ4n) is 1.90. The first kappa shape index (κ1) is 15.3. The Morgan fingerprint density at radius 3 is 2.15 bits per heavy atom. The van der Waals surface area contributed by atoms with E-state index in [1.54, 1.807) is 6.07 Å². The first-order valence-corrected chi connectivity index (χ1v) is 7.25. The molecule has 0 fully saturated rings. The maximum absolute atomic E-state index is 6.23. The molecule has 0 unspecified atom stereocenters. The monoisotopic (exact) mass is 328 g/mol. The van der Waals surface area contributed by atoms with Crippen molar-refractivity contribution in [2.75, 3.05) is 24.3 Å². The molecule has 2 rings (SSSR count). The van der Waals surface area contributed by atoms with Gasteiger partial charge in [-0.3, -0.25) is 0 Å². The number of halogens is 3. The lowest BCUT2D eigenvalue weighted by Gasteiger charge is -2.16. The van der Waals surface area contributed by atoms with E-state index in [9.17, 15) is 0 Å². The molecule has 0 amide bonds. The highest BCUT2D eigenvalue weighted by Crippen LogP contribution is 2.28. The van der Waals surface area contributed by atoms with Crippen molar-refractivity contribution in [3.8, 4) is 0 Å². The molecule has 106 valence electrons. The van der Waals surface area contributed by atoms with Gasteiger partial charge in [0.05, 0.1) is 10.7 Å². The summed E-state index contributed by atoms with van der Waals surface area (Å²) in [6.45, 7) is 0.637. The van der Waals surface area contributed by atoms with Gasteiger partial charge in [0.2, 0.25) is 0 Å². The molecule has 0 aromatic heterocycles. The molecular formula is C15H15Cl3N2. The largest absolute Gasteiger partial charge is 0.381 e. The fraction of sp³-hybridized carbons (Fsp3) is 0.200. The standard InChI is InChI=1S/C15H15Cl3N2/c1-20(2)15-4-3-13(8-14(15)18)19-9-10-5-11(16)7-12(17)6-10/h3-8,19H,9H2,1-2H3. The number of rotatable bonds is 4. The summed E-state index contributed by atoms with van der Waals surface area (Å²) in [4.78, 5) is 1.98. The van der Waals surface area contributed by atoms with E-state index in [-0.39, 0.29) is 0 Å². The quantitative estimate of drug-likeness (QED) is 0.816. The molecule has 0 aliphatic heterocycles. The summed E-state index contributed by atoms with van der Waals surface area (Å²) < 4.78 is 0. The fourth-order valence-corrected chi connectivity index (χ4v) is 2.82. The molecule has 0 saturated heterocycles. The maximum Gasteiger partial charge on any atom is 0.0659 e. The van der Waals surface area contributed by atoms with Crippen molar-refractivity contribution in [3.05, 3.63) is 57.0 Å². The number of nitrogens with zero attached hydrogens (tertiary/aromatic N) is 1. The molecule has 1 N–H and O–H groups in total. The SMILES string of the molecule is CN(C)c1ccc(NCc2cc(Cl)cc(Cl)c2)cc1Cl. The Balaban J connectivity index is 2.09. The van der Waals surface area contributed by atoms with Crippen molar-refractivity contribution in [1.29, 1.82) is 0 Å². The average Bonchev–Trinajstić information content (AvgIpc) is 2.35. The molecule has 0 spiro atoms. The Hall–Kier alpha value is -1.09. The van der Waals surface area contributed by atoms with Crippen LogP contribution >= 0.6 is 34.8 Å². The van der Waals surface area contributed by atoms with Crippen molar-refractivity contribution in [2.45, 2.75) is 6.54 Å². The normalized spacial score (nSPS) is 10.4. The van der Waals surface area contributed by atoms with Crippen LogP contribution in [-0.2, 0) is 6.54 Å². The van der Waals surface area contributed by atoms with Crippen LogP contribution < -0.4 is 10.2 Å². The van der Waals surface area contributed by atoms with E-state index in [4.69, 9.17) is 34.8 Å². The zero-order chi connectivity index (χ0) is 14.7. The molecule has 0 radical (unpaired) electrons. The summed E-state index contributed by atoms with van der Waals surface area (Å²) in [5.41, 5.74) is 2.97. The predicted octanol–water partition coefficient (Wildman–Crippen LogP) is 5.32. The van der Waals surface area contributed by atoms with Crippen LogP contribution in [0.3, 0.4) is 0 Å². The van der Waals surface area contributed by atoms with E-state index in [1.807, 2.05) is 49.3 Å². The lowest BCUT2D eigenvalue weighted by Crippen LogP contribution is -2.09. The lowest BCUT2D eigenvalue weighted by atomic mass is 10.2.